The highest BCUT2D eigenvalue weighted by molar-refractivity contribution is 5.67. The van der Waals surface area contributed by atoms with Crippen LogP contribution >= 0.6 is 0 Å². The maximum atomic E-state index is 12.2. The number of halogens is 2. The van der Waals surface area contributed by atoms with Crippen LogP contribution in [0.5, 0.6) is 5.75 Å². The Morgan fingerprint density at radius 2 is 1.85 bits per heavy atom. The first-order valence-electron chi connectivity index (χ1n) is 8.70. The number of nitrogens with zero attached hydrogens (tertiary/aromatic N) is 4. The Morgan fingerprint density at radius 1 is 1.11 bits per heavy atom. The molecule has 3 aromatic rings. The van der Waals surface area contributed by atoms with Crippen molar-refractivity contribution >= 4 is 11.5 Å². The van der Waals surface area contributed by atoms with E-state index in [0.717, 1.165) is 35.5 Å². The molecule has 0 spiro atoms. The second-order valence-corrected chi connectivity index (χ2v) is 5.92. The van der Waals surface area contributed by atoms with Crippen LogP contribution in [0.4, 0.5) is 20.3 Å². The first-order valence-corrected chi connectivity index (χ1v) is 8.70. The van der Waals surface area contributed by atoms with Crippen molar-refractivity contribution in [2.24, 2.45) is 7.05 Å². The molecular formula is C19H21F2N5O. The van der Waals surface area contributed by atoms with E-state index in [9.17, 15) is 8.78 Å². The molecule has 0 bridgehead atoms. The number of alkyl halides is 2. The average molecular weight is 373 g/mol. The zero-order valence-electron chi connectivity index (χ0n) is 15.4. The maximum absolute atomic E-state index is 12.2. The maximum Gasteiger partial charge on any atom is 0.387 e. The lowest BCUT2D eigenvalue weighted by atomic mass is 10.1. The van der Waals surface area contributed by atoms with Crippen LogP contribution in [0, 0.1) is 0 Å². The molecule has 1 aromatic carbocycles. The van der Waals surface area contributed by atoms with Crippen LogP contribution in [0.25, 0.3) is 11.3 Å². The summed E-state index contributed by atoms with van der Waals surface area (Å²) < 4.78 is 30.7. The summed E-state index contributed by atoms with van der Waals surface area (Å²) >= 11 is 0. The highest BCUT2D eigenvalue weighted by atomic mass is 19.3. The van der Waals surface area contributed by atoms with Gasteiger partial charge in [-0.1, -0.05) is 13.8 Å². The topological polar surface area (TPSA) is 64.9 Å². The monoisotopic (exact) mass is 373 g/mol. The first kappa shape index (κ1) is 18.8. The van der Waals surface area contributed by atoms with Crippen molar-refractivity contribution in [2.75, 3.05) is 5.32 Å². The van der Waals surface area contributed by atoms with Gasteiger partial charge >= 0.3 is 6.61 Å². The zero-order valence-corrected chi connectivity index (χ0v) is 15.4. The van der Waals surface area contributed by atoms with Gasteiger partial charge in [-0.05, 0) is 37.1 Å². The number of nitrogens with one attached hydrogen (secondary N) is 1. The highest BCUT2D eigenvalue weighted by Gasteiger charge is 2.17. The van der Waals surface area contributed by atoms with E-state index < -0.39 is 6.61 Å². The standard InChI is InChI=1S/C19H21F2N5O/c1-4-14-18(16(5-2)26(3)25-14)15-10-22-11-17(24-15)23-12-6-8-13(9-7-12)27-19(20)21/h6-11,19H,4-5H2,1-3H3,(H,23,24). The predicted octanol–water partition coefficient (Wildman–Crippen LogP) is 4.35. The Labute approximate surface area is 156 Å². The van der Waals surface area contributed by atoms with Gasteiger partial charge in [0.15, 0.2) is 0 Å². The number of aryl methyl sites for hydroxylation is 2. The van der Waals surface area contributed by atoms with Gasteiger partial charge in [-0.15, -0.1) is 0 Å². The lowest BCUT2D eigenvalue weighted by Gasteiger charge is -2.09. The Hall–Kier alpha value is -3.03. The number of hydrogen-bond acceptors (Lipinski definition) is 5. The molecule has 0 atom stereocenters. The van der Waals surface area contributed by atoms with E-state index >= 15 is 0 Å². The SMILES string of the molecule is CCc1nn(C)c(CC)c1-c1cncc(Nc2ccc(OC(F)F)cc2)n1. The quantitative estimate of drug-likeness (QED) is 0.667. The van der Waals surface area contributed by atoms with Gasteiger partial charge in [-0.2, -0.15) is 13.9 Å². The molecule has 0 saturated heterocycles. The third-order valence-corrected chi connectivity index (χ3v) is 4.15. The summed E-state index contributed by atoms with van der Waals surface area (Å²) in [6.07, 6.45) is 4.97. The van der Waals surface area contributed by atoms with Gasteiger partial charge in [0.05, 0.1) is 23.8 Å². The summed E-state index contributed by atoms with van der Waals surface area (Å²) in [5.74, 6) is 0.661. The summed E-state index contributed by atoms with van der Waals surface area (Å²) in [6.45, 7) is 1.30. The van der Waals surface area contributed by atoms with Gasteiger partial charge < -0.3 is 10.1 Å². The van der Waals surface area contributed by atoms with Gasteiger partial charge in [-0.3, -0.25) is 9.67 Å². The summed E-state index contributed by atoms with van der Waals surface area (Å²) in [6, 6.07) is 6.23. The number of anilines is 2. The van der Waals surface area contributed by atoms with E-state index in [2.05, 4.69) is 39.0 Å². The molecule has 3 rings (SSSR count). The molecule has 142 valence electrons. The van der Waals surface area contributed by atoms with Crippen molar-refractivity contribution in [1.82, 2.24) is 19.7 Å². The lowest BCUT2D eigenvalue weighted by Crippen LogP contribution is -2.02. The van der Waals surface area contributed by atoms with Crippen molar-refractivity contribution in [3.05, 3.63) is 48.0 Å². The fourth-order valence-electron chi connectivity index (χ4n) is 2.98. The smallest absolute Gasteiger partial charge is 0.387 e. The third kappa shape index (κ3) is 4.21. The van der Waals surface area contributed by atoms with Crippen LogP contribution in [-0.2, 0) is 19.9 Å². The molecule has 1 N–H and O–H groups in total. The molecule has 8 heteroatoms. The van der Waals surface area contributed by atoms with Crippen LogP contribution < -0.4 is 10.1 Å². The Bertz CT molecular complexity index is 909. The van der Waals surface area contributed by atoms with Crippen LogP contribution in [-0.4, -0.2) is 26.4 Å². The third-order valence-electron chi connectivity index (χ3n) is 4.15. The van der Waals surface area contributed by atoms with Gasteiger partial charge in [0.25, 0.3) is 0 Å². The van der Waals surface area contributed by atoms with Crippen LogP contribution in [0.1, 0.15) is 25.2 Å². The van der Waals surface area contributed by atoms with Crippen molar-refractivity contribution < 1.29 is 13.5 Å². The van der Waals surface area contributed by atoms with Crippen LogP contribution in [0.2, 0.25) is 0 Å². The summed E-state index contributed by atoms with van der Waals surface area (Å²) in [7, 11) is 1.93. The normalized spacial score (nSPS) is 11.0. The van der Waals surface area contributed by atoms with E-state index in [-0.39, 0.29) is 5.75 Å². The molecule has 0 fully saturated rings. The van der Waals surface area contributed by atoms with Gasteiger partial charge in [0, 0.05) is 24.0 Å². The molecule has 2 heterocycles. The van der Waals surface area contributed by atoms with E-state index in [0.29, 0.717) is 11.5 Å². The molecule has 0 saturated carbocycles. The summed E-state index contributed by atoms with van der Waals surface area (Å²) in [5, 5.41) is 7.71. The number of ether oxygens (including phenoxy) is 1. The number of rotatable bonds is 7. The fraction of sp³-hybridized carbons (Fsp3) is 0.316. The van der Waals surface area contributed by atoms with Gasteiger partial charge in [0.1, 0.15) is 11.6 Å². The molecule has 0 amide bonds. The van der Waals surface area contributed by atoms with Gasteiger partial charge in [0.2, 0.25) is 0 Å². The Morgan fingerprint density at radius 3 is 2.48 bits per heavy atom. The van der Waals surface area contributed by atoms with Gasteiger partial charge in [-0.25, -0.2) is 4.98 Å². The molecule has 0 aliphatic heterocycles. The van der Waals surface area contributed by atoms with Crippen molar-refractivity contribution in [3.63, 3.8) is 0 Å². The molecule has 0 radical (unpaired) electrons. The predicted molar refractivity (Wildman–Crippen MR) is 99.3 cm³/mol. The minimum atomic E-state index is -2.84. The van der Waals surface area contributed by atoms with Crippen LogP contribution in [0.15, 0.2) is 36.7 Å². The first-order chi connectivity index (χ1) is 13.0. The fourth-order valence-corrected chi connectivity index (χ4v) is 2.98. The molecule has 2 aromatic heterocycles. The van der Waals surface area contributed by atoms with E-state index in [1.807, 2.05) is 11.7 Å². The van der Waals surface area contributed by atoms with E-state index in [1.165, 1.54) is 12.1 Å². The molecule has 0 aliphatic carbocycles. The van der Waals surface area contributed by atoms with Crippen molar-refractivity contribution in [2.45, 2.75) is 33.3 Å². The lowest BCUT2D eigenvalue weighted by molar-refractivity contribution is -0.0498. The van der Waals surface area contributed by atoms with E-state index in [1.54, 1.807) is 24.5 Å². The second-order valence-electron chi connectivity index (χ2n) is 5.92. The number of benzene rings is 1. The highest BCUT2D eigenvalue weighted by Crippen LogP contribution is 2.28. The minimum absolute atomic E-state index is 0.103. The second kappa shape index (κ2) is 8.11. The molecule has 27 heavy (non-hydrogen) atoms. The van der Waals surface area contributed by atoms with Crippen molar-refractivity contribution in [1.29, 1.82) is 0 Å². The average Bonchev–Trinajstić information content (AvgIpc) is 2.98. The summed E-state index contributed by atoms with van der Waals surface area (Å²) in [4.78, 5) is 8.95. The van der Waals surface area contributed by atoms with Crippen molar-refractivity contribution in [3.8, 4) is 17.0 Å². The molecule has 0 unspecified atom stereocenters. The Balaban J connectivity index is 1.86. The van der Waals surface area contributed by atoms with E-state index in [4.69, 9.17) is 0 Å². The Kier molecular flexibility index (Phi) is 5.63. The number of aromatic nitrogens is 4. The molecule has 0 aliphatic rings. The molecular weight excluding hydrogens is 352 g/mol. The summed E-state index contributed by atoms with van der Waals surface area (Å²) in [5.41, 5.74) is 4.54. The number of hydrogen-bond donors (Lipinski definition) is 1. The van der Waals surface area contributed by atoms with Crippen LogP contribution in [0.3, 0.4) is 0 Å². The largest absolute Gasteiger partial charge is 0.435 e. The minimum Gasteiger partial charge on any atom is -0.435 e. The zero-order chi connectivity index (χ0) is 19.4. The molecule has 6 nitrogen and oxygen atoms in total.